The van der Waals surface area contributed by atoms with Crippen molar-refractivity contribution in [2.75, 3.05) is 13.1 Å². The Bertz CT molecular complexity index is 616. The van der Waals surface area contributed by atoms with Gasteiger partial charge in [0.1, 0.15) is 17.0 Å². The van der Waals surface area contributed by atoms with Crippen LogP contribution in [0.2, 0.25) is 0 Å². The number of rotatable bonds is 3. The Morgan fingerprint density at radius 1 is 1.38 bits per heavy atom. The van der Waals surface area contributed by atoms with Crippen LogP contribution in [0.4, 0.5) is 0 Å². The van der Waals surface area contributed by atoms with E-state index in [0.29, 0.717) is 17.0 Å². The van der Waals surface area contributed by atoms with Crippen molar-refractivity contribution in [2.24, 2.45) is 0 Å². The van der Waals surface area contributed by atoms with E-state index in [-0.39, 0.29) is 11.9 Å². The van der Waals surface area contributed by atoms with E-state index in [1.807, 2.05) is 30.3 Å². The minimum atomic E-state index is -0.110. The van der Waals surface area contributed by atoms with Gasteiger partial charge < -0.3 is 15.2 Å². The molecule has 1 aromatic carbocycles. The predicted octanol–water partition coefficient (Wildman–Crippen LogP) is 2.13. The summed E-state index contributed by atoms with van der Waals surface area (Å²) in [6.07, 6.45) is 2.09. The molecule has 0 unspecified atom stereocenters. The third-order valence-electron chi connectivity index (χ3n) is 3.77. The van der Waals surface area contributed by atoms with Crippen molar-refractivity contribution in [1.82, 2.24) is 15.8 Å². The molecule has 1 aliphatic heterocycles. The first-order valence-electron chi connectivity index (χ1n) is 7.29. The van der Waals surface area contributed by atoms with Gasteiger partial charge in [0.25, 0.3) is 5.91 Å². The molecule has 2 N–H and O–H groups in total. The summed E-state index contributed by atoms with van der Waals surface area (Å²) >= 11 is 0. The molecule has 1 aromatic heterocycles. The summed E-state index contributed by atoms with van der Waals surface area (Å²) in [6.45, 7) is 3.61. The second-order valence-electron chi connectivity index (χ2n) is 5.35. The number of aromatic nitrogens is 1. The molecule has 3 rings (SSSR count). The maximum Gasteiger partial charge on any atom is 0.257 e. The molecule has 0 aliphatic carbocycles. The predicted molar refractivity (Wildman–Crippen MR) is 80.0 cm³/mol. The average Bonchev–Trinajstić information content (AvgIpc) is 2.91. The molecule has 0 spiro atoms. The van der Waals surface area contributed by atoms with Crippen LogP contribution in [0.25, 0.3) is 11.3 Å². The van der Waals surface area contributed by atoms with Crippen LogP contribution in [0.3, 0.4) is 0 Å². The number of benzene rings is 1. The summed E-state index contributed by atoms with van der Waals surface area (Å²) in [6, 6.07) is 9.80. The fourth-order valence-corrected chi connectivity index (χ4v) is 2.67. The Morgan fingerprint density at radius 3 is 2.90 bits per heavy atom. The van der Waals surface area contributed by atoms with E-state index in [4.69, 9.17) is 4.52 Å². The van der Waals surface area contributed by atoms with Gasteiger partial charge in [-0.2, -0.15) is 0 Å². The first-order valence-corrected chi connectivity index (χ1v) is 7.29. The van der Waals surface area contributed by atoms with Gasteiger partial charge in [0.15, 0.2) is 0 Å². The molecular formula is C16H19N3O2. The van der Waals surface area contributed by atoms with Gasteiger partial charge >= 0.3 is 0 Å². The van der Waals surface area contributed by atoms with Crippen LogP contribution in [-0.2, 0) is 0 Å². The topological polar surface area (TPSA) is 67.2 Å². The third kappa shape index (κ3) is 2.97. The number of nitrogens with one attached hydrogen (secondary N) is 2. The average molecular weight is 285 g/mol. The third-order valence-corrected chi connectivity index (χ3v) is 3.77. The number of carbonyl (C=O) groups is 1. The highest BCUT2D eigenvalue weighted by Gasteiger charge is 2.24. The SMILES string of the molecule is Cc1onc(-c2ccccc2)c1C(=O)N[C@H]1CCCNC1. The Morgan fingerprint density at radius 2 is 2.19 bits per heavy atom. The molecule has 5 nitrogen and oxygen atoms in total. The fraction of sp³-hybridized carbons (Fsp3) is 0.375. The molecule has 1 saturated heterocycles. The number of nitrogens with zero attached hydrogens (tertiary/aromatic N) is 1. The normalized spacial score (nSPS) is 18.4. The smallest absolute Gasteiger partial charge is 0.257 e. The lowest BCUT2D eigenvalue weighted by Gasteiger charge is -2.23. The van der Waals surface area contributed by atoms with Crippen LogP contribution >= 0.6 is 0 Å². The highest BCUT2D eigenvalue weighted by Crippen LogP contribution is 2.25. The van der Waals surface area contributed by atoms with Gasteiger partial charge in [0.05, 0.1) is 0 Å². The number of carbonyl (C=O) groups excluding carboxylic acids is 1. The zero-order valence-electron chi connectivity index (χ0n) is 12.1. The zero-order chi connectivity index (χ0) is 14.7. The van der Waals surface area contributed by atoms with Crippen LogP contribution in [0.15, 0.2) is 34.9 Å². The highest BCUT2D eigenvalue weighted by atomic mass is 16.5. The monoisotopic (exact) mass is 285 g/mol. The minimum absolute atomic E-state index is 0.110. The number of amides is 1. The molecule has 1 atom stereocenters. The molecule has 0 radical (unpaired) electrons. The van der Waals surface area contributed by atoms with Crippen molar-refractivity contribution in [3.8, 4) is 11.3 Å². The Kier molecular flexibility index (Phi) is 4.01. The van der Waals surface area contributed by atoms with Crippen LogP contribution < -0.4 is 10.6 Å². The van der Waals surface area contributed by atoms with Crippen molar-refractivity contribution in [3.63, 3.8) is 0 Å². The molecule has 5 heteroatoms. The molecule has 1 fully saturated rings. The molecule has 2 aromatic rings. The van der Waals surface area contributed by atoms with Crippen molar-refractivity contribution in [2.45, 2.75) is 25.8 Å². The fourth-order valence-electron chi connectivity index (χ4n) is 2.67. The Labute approximate surface area is 123 Å². The van der Waals surface area contributed by atoms with Gasteiger partial charge in [-0.25, -0.2) is 0 Å². The summed E-state index contributed by atoms with van der Waals surface area (Å²) in [5, 5.41) is 10.4. The van der Waals surface area contributed by atoms with Crippen molar-refractivity contribution < 1.29 is 9.32 Å². The molecule has 0 saturated carbocycles. The van der Waals surface area contributed by atoms with E-state index in [2.05, 4.69) is 15.8 Å². The molecule has 2 heterocycles. The quantitative estimate of drug-likeness (QED) is 0.906. The first kappa shape index (κ1) is 13.8. The minimum Gasteiger partial charge on any atom is -0.360 e. The van der Waals surface area contributed by atoms with Crippen molar-refractivity contribution in [1.29, 1.82) is 0 Å². The van der Waals surface area contributed by atoms with Gasteiger partial charge in [-0.15, -0.1) is 0 Å². The van der Waals surface area contributed by atoms with Gasteiger partial charge in [0.2, 0.25) is 0 Å². The summed E-state index contributed by atoms with van der Waals surface area (Å²) in [5.41, 5.74) is 2.03. The first-order chi connectivity index (χ1) is 10.3. The number of hydrogen-bond acceptors (Lipinski definition) is 4. The molecule has 110 valence electrons. The van der Waals surface area contributed by atoms with Crippen LogP contribution in [0.5, 0.6) is 0 Å². The largest absolute Gasteiger partial charge is 0.360 e. The van der Waals surface area contributed by atoms with Crippen LogP contribution in [0.1, 0.15) is 29.0 Å². The van der Waals surface area contributed by atoms with Crippen molar-refractivity contribution in [3.05, 3.63) is 41.7 Å². The number of hydrogen-bond donors (Lipinski definition) is 2. The molecule has 1 aliphatic rings. The van der Waals surface area contributed by atoms with E-state index in [1.165, 1.54) is 0 Å². The lowest BCUT2D eigenvalue weighted by molar-refractivity contribution is 0.0929. The highest BCUT2D eigenvalue weighted by molar-refractivity contribution is 6.00. The van der Waals surface area contributed by atoms with Gasteiger partial charge in [0, 0.05) is 18.2 Å². The van der Waals surface area contributed by atoms with E-state index >= 15 is 0 Å². The van der Waals surface area contributed by atoms with E-state index in [0.717, 1.165) is 31.5 Å². The molecule has 21 heavy (non-hydrogen) atoms. The Hall–Kier alpha value is -2.14. The number of piperidine rings is 1. The lowest BCUT2D eigenvalue weighted by Crippen LogP contribution is -2.45. The second-order valence-corrected chi connectivity index (χ2v) is 5.35. The van der Waals surface area contributed by atoms with E-state index in [9.17, 15) is 4.79 Å². The lowest BCUT2D eigenvalue weighted by atomic mass is 10.0. The Balaban J connectivity index is 1.84. The van der Waals surface area contributed by atoms with E-state index < -0.39 is 0 Å². The zero-order valence-corrected chi connectivity index (χ0v) is 12.1. The van der Waals surface area contributed by atoms with Crippen LogP contribution in [0, 0.1) is 6.92 Å². The van der Waals surface area contributed by atoms with Gasteiger partial charge in [-0.05, 0) is 26.3 Å². The maximum absolute atomic E-state index is 12.6. The maximum atomic E-state index is 12.6. The second kappa shape index (κ2) is 6.10. The number of aryl methyl sites for hydroxylation is 1. The van der Waals surface area contributed by atoms with E-state index in [1.54, 1.807) is 6.92 Å². The molecule has 1 amide bonds. The molecule has 0 bridgehead atoms. The molecular weight excluding hydrogens is 266 g/mol. The summed E-state index contributed by atoms with van der Waals surface area (Å²) in [4.78, 5) is 12.6. The van der Waals surface area contributed by atoms with Gasteiger partial charge in [-0.3, -0.25) is 4.79 Å². The summed E-state index contributed by atoms with van der Waals surface area (Å²) in [5.74, 6) is 0.441. The summed E-state index contributed by atoms with van der Waals surface area (Å²) < 4.78 is 5.23. The standard InChI is InChI=1S/C16H19N3O2/c1-11-14(16(20)18-13-8-5-9-17-10-13)15(19-21-11)12-6-3-2-4-7-12/h2-4,6-7,13,17H,5,8-10H2,1H3,(H,18,20)/t13-/m0/s1. The van der Waals surface area contributed by atoms with Crippen LogP contribution in [-0.4, -0.2) is 30.2 Å². The van der Waals surface area contributed by atoms with Crippen molar-refractivity contribution >= 4 is 5.91 Å². The van der Waals surface area contributed by atoms with Gasteiger partial charge in [-0.1, -0.05) is 35.5 Å². The summed E-state index contributed by atoms with van der Waals surface area (Å²) in [7, 11) is 0.